The predicted molar refractivity (Wildman–Crippen MR) is 75.9 cm³/mol. The first-order valence-electron chi connectivity index (χ1n) is 7.50. The summed E-state index contributed by atoms with van der Waals surface area (Å²) in [6, 6.07) is 3.33. The van der Waals surface area contributed by atoms with Crippen LogP contribution in [-0.4, -0.2) is 22.4 Å². The molecule has 0 amide bonds. The third-order valence-corrected chi connectivity index (χ3v) is 3.99. The van der Waals surface area contributed by atoms with E-state index in [4.69, 9.17) is 0 Å². The van der Waals surface area contributed by atoms with Crippen LogP contribution in [0.4, 0.5) is 0 Å². The van der Waals surface area contributed by atoms with E-state index in [0.717, 1.165) is 6.54 Å². The van der Waals surface area contributed by atoms with Crippen LogP contribution in [0.1, 0.15) is 70.5 Å². The summed E-state index contributed by atoms with van der Waals surface area (Å²) < 4.78 is 2.20. The van der Waals surface area contributed by atoms with Crippen LogP contribution in [0.2, 0.25) is 0 Å². The van der Waals surface area contributed by atoms with Gasteiger partial charge >= 0.3 is 0 Å². The number of rotatable bonds is 5. The summed E-state index contributed by atoms with van der Waals surface area (Å²) in [6.45, 7) is 7.81. The molecule has 1 aromatic rings. The lowest BCUT2D eigenvalue weighted by Gasteiger charge is -2.33. The van der Waals surface area contributed by atoms with E-state index < -0.39 is 0 Å². The Morgan fingerprint density at radius 1 is 1.39 bits per heavy atom. The van der Waals surface area contributed by atoms with Gasteiger partial charge in [-0.15, -0.1) is 0 Å². The van der Waals surface area contributed by atoms with Crippen LogP contribution in [0.3, 0.4) is 0 Å². The molecule has 0 aromatic carbocycles. The Bertz CT molecular complexity index is 356. The van der Waals surface area contributed by atoms with Crippen molar-refractivity contribution in [2.24, 2.45) is 0 Å². The highest BCUT2D eigenvalue weighted by Crippen LogP contribution is 2.33. The summed E-state index contributed by atoms with van der Waals surface area (Å²) in [7, 11) is 0. The maximum Gasteiger partial charge on any atom is 0.0492 e. The second kappa shape index (κ2) is 6.37. The zero-order chi connectivity index (χ0) is 13.0. The molecule has 1 heterocycles. The molecule has 102 valence electrons. The van der Waals surface area contributed by atoms with Gasteiger partial charge < -0.3 is 5.32 Å². The van der Waals surface area contributed by atoms with Gasteiger partial charge in [0.2, 0.25) is 0 Å². The predicted octanol–water partition coefficient (Wildman–Crippen LogP) is 3.49. The molecule has 0 aliphatic heterocycles. The van der Waals surface area contributed by atoms with Gasteiger partial charge in [-0.05, 0) is 45.7 Å². The lowest BCUT2D eigenvalue weighted by Crippen LogP contribution is -2.38. The second-order valence-electron chi connectivity index (χ2n) is 5.75. The van der Waals surface area contributed by atoms with Crippen LogP contribution < -0.4 is 5.32 Å². The fourth-order valence-electron chi connectivity index (χ4n) is 3.11. The Morgan fingerprint density at radius 3 is 2.89 bits per heavy atom. The fourth-order valence-corrected chi connectivity index (χ4v) is 3.11. The monoisotopic (exact) mass is 249 g/mol. The Balaban J connectivity index is 2.14. The SMILES string of the molecule is CCCNC1CCCCC1c1ccnn1C(C)C. The summed E-state index contributed by atoms with van der Waals surface area (Å²) in [5, 5.41) is 8.23. The maximum atomic E-state index is 4.49. The van der Waals surface area contributed by atoms with E-state index in [2.05, 4.69) is 41.9 Å². The summed E-state index contributed by atoms with van der Waals surface area (Å²) in [4.78, 5) is 0. The molecule has 3 nitrogen and oxygen atoms in total. The van der Waals surface area contributed by atoms with Crippen molar-refractivity contribution >= 4 is 0 Å². The lowest BCUT2D eigenvalue weighted by atomic mass is 9.82. The van der Waals surface area contributed by atoms with Gasteiger partial charge in [-0.25, -0.2) is 0 Å². The summed E-state index contributed by atoms with van der Waals surface area (Å²) in [5.74, 6) is 0.648. The first-order chi connectivity index (χ1) is 8.74. The molecule has 3 heteroatoms. The van der Waals surface area contributed by atoms with E-state index in [1.165, 1.54) is 37.8 Å². The van der Waals surface area contributed by atoms with Gasteiger partial charge in [0.25, 0.3) is 0 Å². The van der Waals surface area contributed by atoms with Crippen LogP contribution in [0.5, 0.6) is 0 Å². The molecule has 1 fully saturated rings. The first kappa shape index (κ1) is 13.6. The molecule has 0 saturated heterocycles. The standard InChI is InChI=1S/C15H27N3/c1-4-10-16-14-8-6-5-7-13(14)15-9-11-17-18(15)12(2)3/h9,11-14,16H,4-8,10H2,1-3H3. The van der Waals surface area contributed by atoms with Gasteiger partial charge in [0.1, 0.15) is 0 Å². The Morgan fingerprint density at radius 2 is 2.17 bits per heavy atom. The minimum absolute atomic E-state index is 0.462. The molecule has 1 saturated carbocycles. The highest BCUT2D eigenvalue weighted by Gasteiger charge is 2.28. The van der Waals surface area contributed by atoms with Gasteiger partial charge in [0.05, 0.1) is 0 Å². The van der Waals surface area contributed by atoms with Crippen molar-refractivity contribution in [3.8, 4) is 0 Å². The largest absolute Gasteiger partial charge is 0.313 e. The molecular weight excluding hydrogens is 222 g/mol. The summed E-state index contributed by atoms with van der Waals surface area (Å²) >= 11 is 0. The molecule has 1 aromatic heterocycles. The molecule has 2 atom stereocenters. The van der Waals surface area contributed by atoms with Gasteiger partial charge in [-0.2, -0.15) is 5.10 Å². The Kier molecular flexibility index (Phi) is 4.81. The van der Waals surface area contributed by atoms with Gasteiger partial charge in [0, 0.05) is 29.9 Å². The lowest BCUT2D eigenvalue weighted by molar-refractivity contribution is 0.310. The molecule has 0 bridgehead atoms. The number of aromatic nitrogens is 2. The zero-order valence-corrected chi connectivity index (χ0v) is 12.0. The fraction of sp³-hybridized carbons (Fsp3) is 0.800. The minimum Gasteiger partial charge on any atom is -0.313 e. The van der Waals surface area contributed by atoms with Crippen molar-refractivity contribution in [2.45, 2.75) is 70.9 Å². The second-order valence-corrected chi connectivity index (χ2v) is 5.75. The molecular formula is C15H27N3. The van der Waals surface area contributed by atoms with Gasteiger partial charge in [-0.1, -0.05) is 19.8 Å². The highest BCUT2D eigenvalue weighted by atomic mass is 15.3. The molecule has 2 rings (SSSR count). The van der Waals surface area contributed by atoms with E-state index in [-0.39, 0.29) is 0 Å². The topological polar surface area (TPSA) is 29.9 Å². The van der Waals surface area contributed by atoms with E-state index >= 15 is 0 Å². The van der Waals surface area contributed by atoms with Crippen molar-refractivity contribution in [3.05, 3.63) is 18.0 Å². The van der Waals surface area contributed by atoms with Crippen LogP contribution in [0.15, 0.2) is 12.3 Å². The van der Waals surface area contributed by atoms with Crippen LogP contribution in [0.25, 0.3) is 0 Å². The Labute approximate surface area is 111 Å². The quantitative estimate of drug-likeness (QED) is 0.865. The van der Waals surface area contributed by atoms with Crippen molar-refractivity contribution in [3.63, 3.8) is 0 Å². The molecule has 1 aliphatic carbocycles. The van der Waals surface area contributed by atoms with E-state index in [0.29, 0.717) is 18.0 Å². The smallest absolute Gasteiger partial charge is 0.0492 e. The van der Waals surface area contributed by atoms with Crippen LogP contribution in [0, 0.1) is 0 Å². The van der Waals surface area contributed by atoms with Crippen molar-refractivity contribution in [1.29, 1.82) is 0 Å². The maximum absolute atomic E-state index is 4.49. The normalized spacial score (nSPS) is 24.7. The zero-order valence-electron chi connectivity index (χ0n) is 12.0. The molecule has 1 aliphatic rings. The van der Waals surface area contributed by atoms with Gasteiger partial charge in [-0.3, -0.25) is 4.68 Å². The number of nitrogens with zero attached hydrogens (tertiary/aromatic N) is 2. The van der Waals surface area contributed by atoms with Crippen LogP contribution >= 0.6 is 0 Å². The average Bonchev–Trinajstić information content (AvgIpc) is 2.86. The van der Waals surface area contributed by atoms with E-state index in [9.17, 15) is 0 Å². The number of hydrogen-bond acceptors (Lipinski definition) is 2. The molecule has 1 N–H and O–H groups in total. The van der Waals surface area contributed by atoms with Crippen LogP contribution in [-0.2, 0) is 0 Å². The minimum atomic E-state index is 0.462. The van der Waals surface area contributed by atoms with Gasteiger partial charge in [0.15, 0.2) is 0 Å². The number of nitrogens with one attached hydrogen (secondary N) is 1. The molecule has 0 radical (unpaired) electrons. The highest BCUT2D eigenvalue weighted by molar-refractivity contribution is 5.13. The molecule has 2 unspecified atom stereocenters. The third-order valence-electron chi connectivity index (χ3n) is 3.99. The van der Waals surface area contributed by atoms with Crippen molar-refractivity contribution < 1.29 is 0 Å². The first-order valence-corrected chi connectivity index (χ1v) is 7.50. The molecule has 0 spiro atoms. The molecule has 18 heavy (non-hydrogen) atoms. The number of hydrogen-bond donors (Lipinski definition) is 1. The average molecular weight is 249 g/mol. The summed E-state index contributed by atoms with van der Waals surface area (Å²) in [6.07, 6.45) is 8.52. The van der Waals surface area contributed by atoms with Crippen molar-refractivity contribution in [1.82, 2.24) is 15.1 Å². The van der Waals surface area contributed by atoms with Crippen molar-refractivity contribution in [2.75, 3.05) is 6.54 Å². The van der Waals surface area contributed by atoms with E-state index in [1.54, 1.807) is 0 Å². The van der Waals surface area contributed by atoms with E-state index in [1.807, 2.05) is 6.20 Å². The third kappa shape index (κ3) is 2.94. The summed E-state index contributed by atoms with van der Waals surface area (Å²) in [5.41, 5.74) is 1.43. The Hall–Kier alpha value is -0.830.